The van der Waals surface area contributed by atoms with Crippen molar-refractivity contribution in [3.8, 4) is 0 Å². The predicted molar refractivity (Wildman–Crippen MR) is 117 cm³/mol. The Morgan fingerprint density at radius 1 is 1.13 bits per heavy atom. The fourth-order valence-electron chi connectivity index (χ4n) is 4.51. The summed E-state index contributed by atoms with van der Waals surface area (Å²) in [6.45, 7) is 4.64. The number of halogens is 1. The normalized spacial score (nSPS) is 18.3. The number of carboxylic acids is 1. The Labute approximate surface area is 180 Å². The SMILES string of the molecule is Cc1c(CC(=O)O)cc2ccc(F)cc2c1C(=O)N1CCN(SC2CCCC2)CC1. The maximum atomic E-state index is 14.0. The number of hydrogen-bond donors (Lipinski definition) is 1. The number of carbonyl (C=O) groups is 2. The average Bonchev–Trinajstić information content (AvgIpc) is 3.22. The molecule has 5 nitrogen and oxygen atoms in total. The van der Waals surface area contributed by atoms with Gasteiger partial charge in [0.05, 0.1) is 12.0 Å². The van der Waals surface area contributed by atoms with E-state index in [0.29, 0.717) is 45.8 Å². The van der Waals surface area contributed by atoms with E-state index < -0.39 is 11.8 Å². The highest BCUT2D eigenvalue weighted by Crippen LogP contribution is 2.33. The monoisotopic (exact) mass is 430 g/mol. The molecule has 0 radical (unpaired) electrons. The fraction of sp³-hybridized carbons (Fsp3) is 0.478. The smallest absolute Gasteiger partial charge is 0.307 e. The lowest BCUT2D eigenvalue weighted by molar-refractivity contribution is -0.136. The minimum absolute atomic E-state index is 0.138. The van der Waals surface area contributed by atoms with E-state index in [1.165, 1.54) is 37.8 Å². The first-order chi connectivity index (χ1) is 14.4. The molecular formula is C23H27FN2O3S. The van der Waals surface area contributed by atoms with Crippen molar-refractivity contribution in [3.05, 3.63) is 46.8 Å². The number of carbonyl (C=O) groups excluding carboxylic acids is 1. The van der Waals surface area contributed by atoms with E-state index in [1.807, 2.05) is 16.8 Å². The standard InChI is InChI=1S/C23H27FN2O3S/c1-15-17(13-21(27)28)12-16-6-7-18(24)14-20(16)22(15)23(29)25-8-10-26(11-9-25)30-19-4-2-3-5-19/h6-7,12,14,19H,2-5,8-11,13H2,1H3,(H,27,28). The number of carboxylic acid groups (broad SMARTS) is 1. The molecule has 30 heavy (non-hydrogen) atoms. The summed E-state index contributed by atoms with van der Waals surface area (Å²) in [5, 5.41) is 11.2. The molecule has 1 N–H and O–H groups in total. The number of aliphatic carboxylic acids is 1. The van der Waals surface area contributed by atoms with E-state index in [0.717, 1.165) is 13.1 Å². The average molecular weight is 431 g/mol. The summed E-state index contributed by atoms with van der Waals surface area (Å²) < 4.78 is 16.3. The molecule has 2 fully saturated rings. The van der Waals surface area contributed by atoms with Crippen LogP contribution in [0.1, 0.15) is 47.2 Å². The number of piperazine rings is 1. The Balaban J connectivity index is 1.58. The molecule has 1 aliphatic heterocycles. The summed E-state index contributed by atoms with van der Waals surface area (Å²) in [5.74, 6) is -1.49. The van der Waals surface area contributed by atoms with Gasteiger partial charge in [0.15, 0.2) is 0 Å². The Morgan fingerprint density at radius 3 is 2.50 bits per heavy atom. The summed E-state index contributed by atoms with van der Waals surface area (Å²) in [6.07, 6.45) is 5.01. The highest BCUT2D eigenvalue weighted by atomic mass is 32.2. The fourth-order valence-corrected chi connectivity index (χ4v) is 5.85. The molecule has 2 aliphatic rings. The molecule has 0 aromatic heterocycles. The van der Waals surface area contributed by atoms with Crippen molar-refractivity contribution in [1.82, 2.24) is 9.21 Å². The Hall–Kier alpha value is -2.12. The van der Waals surface area contributed by atoms with Crippen LogP contribution in [-0.2, 0) is 11.2 Å². The van der Waals surface area contributed by atoms with Crippen LogP contribution < -0.4 is 0 Å². The molecular weight excluding hydrogens is 403 g/mol. The second kappa shape index (κ2) is 8.94. The lowest BCUT2D eigenvalue weighted by Crippen LogP contribution is -2.47. The van der Waals surface area contributed by atoms with Crippen LogP contribution >= 0.6 is 11.9 Å². The number of rotatable bonds is 5. The molecule has 2 aromatic rings. The van der Waals surface area contributed by atoms with Crippen LogP contribution in [-0.4, -0.2) is 57.6 Å². The van der Waals surface area contributed by atoms with E-state index in [4.69, 9.17) is 0 Å². The number of amides is 1. The molecule has 1 saturated carbocycles. The van der Waals surface area contributed by atoms with Gasteiger partial charge in [0.25, 0.3) is 5.91 Å². The van der Waals surface area contributed by atoms with Gasteiger partial charge in [-0.3, -0.25) is 9.59 Å². The maximum Gasteiger partial charge on any atom is 0.307 e. The number of nitrogens with zero attached hydrogens (tertiary/aromatic N) is 2. The highest BCUT2D eigenvalue weighted by Gasteiger charge is 2.28. The molecule has 0 spiro atoms. The first-order valence-corrected chi connectivity index (χ1v) is 11.4. The van der Waals surface area contributed by atoms with Crippen LogP contribution in [0.25, 0.3) is 10.8 Å². The van der Waals surface area contributed by atoms with Crippen molar-refractivity contribution in [2.45, 2.75) is 44.3 Å². The molecule has 7 heteroatoms. The third-order valence-corrected chi connectivity index (χ3v) is 7.59. The second-order valence-electron chi connectivity index (χ2n) is 8.20. The number of fused-ring (bicyclic) bond motifs is 1. The van der Waals surface area contributed by atoms with Crippen molar-refractivity contribution in [1.29, 1.82) is 0 Å². The van der Waals surface area contributed by atoms with Gasteiger partial charge in [0, 0.05) is 31.4 Å². The summed E-state index contributed by atoms with van der Waals surface area (Å²) in [7, 11) is 0. The van der Waals surface area contributed by atoms with Gasteiger partial charge in [0.2, 0.25) is 0 Å². The van der Waals surface area contributed by atoms with Crippen molar-refractivity contribution in [3.63, 3.8) is 0 Å². The molecule has 1 saturated heterocycles. The zero-order valence-corrected chi connectivity index (χ0v) is 18.0. The molecule has 1 heterocycles. The first-order valence-electron chi connectivity index (χ1n) is 10.6. The Morgan fingerprint density at radius 2 is 1.83 bits per heavy atom. The van der Waals surface area contributed by atoms with Gasteiger partial charge in [-0.1, -0.05) is 36.9 Å². The minimum atomic E-state index is -0.949. The van der Waals surface area contributed by atoms with Crippen LogP contribution in [0.4, 0.5) is 4.39 Å². The predicted octanol–water partition coefficient (Wildman–Crippen LogP) is 4.26. The molecule has 160 valence electrons. The summed E-state index contributed by atoms with van der Waals surface area (Å²) in [5.41, 5.74) is 1.66. The number of hydrogen-bond acceptors (Lipinski definition) is 4. The quantitative estimate of drug-likeness (QED) is 0.718. The van der Waals surface area contributed by atoms with Crippen molar-refractivity contribution >= 4 is 34.6 Å². The third kappa shape index (κ3) is 4.47. The topological polar surface area (TPSA) is 60.9 Å². The zero-order chi connectivity index (χ0) is 21.3. The largest absolute Gasteiger partial charge is 0.481 e. The highest BCUT2D eigenvalue weighted by molar-refractivity contribution is 7.97. The van der Waals surface area contributed by atoms with E-state index in [9.17, 15) is 19.1 Å². The van der Waals surface area contributed by atoms with Crippen molar-refractivity contribution in [2.24, 2.45) is 0 Å². The van der Waals surface area contributed by atoms with E-state index in [2.05, 4.69) is 4.31 Å². The van der Waals surface area contributed by atoms with E-state index >= 15 is 0 Å². The third-order valence-electron chi connectivity index (χ3n) is 6.15. The minimum Gasteiger partial charge on any atom is -0.481 e. The lowest BCUT2D eigenvalue weighted by Gasteiger charge is -2.35. The van der Waals surface area contributed by atoms with Crippen molar-refractivity contribution in [2.75, 3.05) is 26.2 Å². The Kier molecular flexibility index (Phi) is 6.29. The van der Waals surface area contributed by atoms with Gasteiger partial charge in [-0.15, -0.1) is 0 Å². The molecule has 0 unspecified atom stereocenters. The van der Waals surface area contributed by atoms with Crippen molar-refractivity contribution < 1.29 is 19.1 Å². The van der Waals surface area contributed by atoms with Gasteiger partial charge >= 0.3 is 5.97 Å². The Bertz CT molecular complexity index is 967. The van der Waals surface area contributed by atoms with E-state index in [-0.39, 0.29) is 12.3 Å². The molecule has 4 rings (SSSR count). The van der Waals surface area contributed by atoms with Gasteiger partial charge in [-0.05, 0) is 53.8 Å². The summed E-state index contributed by atoms with van der Waals surface area (Å²) >= 11 is 1.94. The van der Waals surface area contributed by atoms with Gasteiger partial charge in [0.1, 0.15) is 5.82 Å². The number of benzene rings is 2. The van der Waals surface area contributed by atoms with Gasteiger partial charge in [-0.2, -0.15) is 0 Å². The summed E-state index contributed by atoms with van der Waals surface area (Å²) in [6, 6.07) is 6.09. The zero-order valence-electron chi connectivity index (χ0n) is 17.2. The first kappa shape index (κ1) is 21.1. The van der Waals surface area contributed by atoms with E-state index in [1.54, 1.807) is 19.1 Å². The molecule has 2 aromatic carbocycles. The molecule has 0 bridgehead atoms. The lowest BCUT2D eigenvalue weighted by atomic mass is 9.92. The van der Waals surface area contributed by atoms with Gasteiger partial charge < -0.3 is 10.0 Å². The molecule has 1 amide bonds. The van der Waals surface area contributed by atoms with Crippen LogP contribution in [0.5, 0.6) is 0 Å². The molecule has 1 aliphatic carbocycles. The van der Waals surface area contributed by atoms with Crippen LogP contribution in [0.2, 0.25) is 0 Å². The van der Waals surface area contributed by atoms with Crippen LogP contribution in [0.15, 0.2) is 24.3 Å². The molecule has 0 atom stereocenters. The maximum absolute atomic E-state index is 14.0. The second-order valence-corrected chi connectivity index (χ2v) is 9.60. The van der Waals surface area contributed by atoms with Gasteiger partial charge in [-0.25, -0.2) is 8.70 Å². The summed E-state index contributed by atoms with van der Waals surface area (Å²) in [4.78, 5) is 26.6. The van der Waals surface area contributed by atoms with Crippen LogP contribution in [0, 0.1) is 12.7 Å². The van der Waals surface area contributed by atoms with Crippen LogP contribution in [0.3, 0.4) is 0 Å².